The molecule has 1 aromatic carbocycles. The van der Waals surface area contributed by atoms with Crippen molar-refractivity contribution in [1.82, 2.24) is 0 Å². The number of hydrogen-bond acceptors (Lipinski definition) is 3. The molecule has 1 saturated heterocycles. The van der Waals surface area contributed by atoms with Gasteiger partial charge in [-0.3, -0.25) is 0 Å². The number of benzene rings is 1. The molecule has 3 rings (SSSR count). The van der Waals surface area contributed by atoms with Gasteiger partial charge in [-0.25, -0.2) is 0 Å². The van der Waals surface area contributed by atoms with Crippen LogP contribution in [-0.4, -0.2) is 13.2 Å². The minimum Gasteiger partial charge on any atom is -0.345 e. The van der Waals surface area contributed by atoms with Gasteiger partial charge in [-0.2, -0.15) is 0 Å². The molecule has 2 aromatic rings. The summed E-state index contributed by atoms with van der Waals surface area (Å²) in [7, 11) is 0. The molecule has 1 fully saturated rings. The SMILES string of the molecule is CCCc1ccc(Cl)cc1Cc1cc(C2OCCO2)sc1C. The Morgan fingerprint density at radius 3 is 2.64 bits per heavy atom. The van der Waals surface area contributed by atoms with Gasteiger partial charge in [0.05, 0.1) is 18.1 Å². The van der Waals surface area contributed by atoms with Gasteiger partial charge in [0, 0.05) is 9.90 Å². The lowest BCUT2D eigenvalue weighted by molar-refractivity contribution is -0.0413. The summed E-state index contributed by atoms with van der Waals surface area (Å²) in [5.74, 6) is 0. The molecule has 2 nitrogen and oxygen atoms in total. The van der Waals surface area contributed by atoms with Gasteiger partial charge in [0.1, 0.15) is 0 Å². The van der Waals surface area contributed by atoms with Crippen LogP contribution < -0.4 is 0 Å². The maximum Gasteiger partial charge on any atom is 0.193 e. The third-order valence-corrected chi connectivity index (χ3v) is 5.31. The van der Waals surface area contributed by atoms with Gasteiger partial charge in [-0.15, -0.1) is 11.3 Å². The molecule has 2 heterocycles. The zero-order valence-corrected chi connectivity index (χ0v) is 14.6. The van der Waals surface area contributed by atoms with Gasteiger partial charge in [0.25, 0.3) is 0 Å². The summed E-state index contributed by atoms with van der Waals surface area (Å²) in [4.78, 5) is 2.50. The Hall–Kier alpha value is -0.870. The third kappa shape index (κ3) is 3.54. The van der Waals surface area contributed by atoms with E-state index in [1.807, 2.05) is 6.07 Å². The van der Waals surface area contributed by atoms with Crippen molar-refractivity contribution in [3.63, 3.8) is 0 Å². The van der Waals surface area contributed by atoms with Crippen LogP contribution in [0.5, 0.6) is 0 Å². The first-order valence-electron chi connectivity index (χ1n) is 7.77. The maximum absolute atomic E-state index is 6.19. The molecule has 0 N–H and O–H groups in total. The molecule has 1 aliphatic rings. The van der Waals surface area contributed by atoms with Crippen LogP contribution in [0.15, 0.2) is 24.3 Å². The Morgan fingerprint density at radius 1 is 1.14 bits per heavy atom. The molecule has 0 saturated carbocycles. The van der Waals surface area contributed by atoms with Crippen LogP contribution in [0.3, 0.4) is 0 Å². The highest BCUT2D eigenvalue weighted by Gasteiger charge is 2.21. The fourth-order valence-corrected chi connectivity index (χ4v) is 4.08. The van der Waals surface area contributed by atoms with E-state index in [1.165, 1.54) is 26.4 Å². The smallest absolute Gasteiger partial charge is 0.193 e. The first-order chi connectivity index (χ1) is 10.7. The predicted octanol–water partition coefficient (Wildman–Crippen LogP) is 5.30. The number of hydrogen-bond donors (Lipinski definition) is 0. The monoisotopic (exact) mass is 336 g/mol. The number of halogens is 1. The molecular weight excluding hydrogens is 316 g/mol. The van der Waals surface area contributed by atoms with Crippen LogP contribution >= 0.6 is 22.9 Å². The lowest BCUT2D eigenvalue weighted by atomic mass is 9.97. The molecule has 0 spiro atoms. The van der Waals surface area contributed by atoms with Gasteiger partial charge in [0.2, 0.25) is 0 Å². The topological polar surface area (TPSA) is 18.5 Å². The van der Waals surface area contributed by atoms with Crippen molar-refractivity contribution in [1.29, 1.82) is 0 Å². The van der Waals surface area contributed by atoms with Gasteiger partial charge in [0.15, 0.2) is 6.29 Å². The van der Waals surface area contributed by atoms with Crippen molar-refractivity contribution in [3.8, 4) is 0 Å². The molecule has 0 aliphatic carbocycles. The summed E-state index contributed by atoms with van der Waals surface area (Å²) in [6.45, 7) is 5.75. The molecule has 22 heavy (non-hydrogen) atoms. The van der Waals surface area contributed by atoms with E-state index in [9.17, 15) is 0 Å². The molecule has 0 amide bonds. The lowest BCUT2D eigenvalue weighted by Crippen LogP contribution is -1.97. The molecule has 0 atom stereocenters. The molecule has 0 radical (unpaired) electrons. The van der Waals surface area contributed by atoms with Crippen LogP contribution in [0.4, 0.5) is 0 Å². The molecule has 0 bridgehead atoms. The normalized spacial score (nSPS) is 15.6. The van der Waals surface area contributed by atoms with E-state index in [1.54, 1.807) is 11.3 Å². The minimum atomic E-state index is -0.174. The van der Waals surface area contributed by atoms with Crippen molar-refractivity contribution < 1.29 is 9.47 Å². The van der Waals surface area contributed by atoms with E-state index in [2.05, 4.69) is 32.0 Å². The zero-order chi connectivity index (χ0) is 15.5. The molecule has 4 heteroatoms. The second-order valence-electron chi connectivity index (χ2n) is 5.64. The average Bonchev–Trinajstić information content (AvgIpc) is 3.12. The number of thiophene rings is 1. The Bertz CT molecular complexity index is 645. The summed E-state index contributed by atoms with van der Waals surface area (Å²) in [6, 6.07) is 8.48. The first kappa shape index (κ1) is 16.0. The Labute approximate surface area is 141 Å². The second kappa shape index (κ2) is 7.14. The summed E-state index contributed by atoms with van der Waals surface area (Å²) in [5.41, 5.74) is 4.07. The summed E-state index contributed by atoms with van der Waals surface area (Å²) >= 11 is 7.97. The molecular formula is C18H21ClO2S. The minimum absolute atomic E-state index is 0.174. The third-order valence-electron chi connectivity index (χ3n) is 3.96. The zero-order valence-electron chi connectivity index (χ0n) is 13.0. The van der Waals surface area contributed by atoms with Crippen LogP contribution in [0.2, 0.25) is 5.02 Å². The Kier molecular flexibility index (Phi) is 5.19. The fourth-order valence-electron chi connectivity index (χ4n) is 2.84. The second-order valence-corrected chi connectivity index (χ2v) is 7.37. The molecule has 118 valence electrons. The quantitative estimate of drug-likeness (QED) is 0.737. The lowest BCUT2D eigenvalue weighted by Gasteiger charge is -2.09. The van der Waals surface area contributed by atoms with Crippen molar-refractivity contribution in [2.45, 2.75) is 39.4 Å². The standard InChI is InChI=1S/C18H21ClO2S/c1-3-4-13-5-6-16(19)10-15(13)9-14-11-17(22-12(14)2)18-20-7-8-21-18/h5-6,10-11,18H,3-4,7-9H2,1-2H3. The highest BCUT2D eigenvalue weighted by atomic mass is 35.5. The van der Waals surface area contributed by atoms with Crippen molar-refractivity contribution >= 4 is 22.9 Å². The van der Waals surface area contributed by atoms with Crippen LogP contribution in [0, 0.1) is 6.92 Å². The van der Waals surface area contributed by atoms with Crippen LogP contribution in [0.1, 0.15) is 46.1 Å². The fraction of sp³-hybridized carbons (Fsp3) is 0.444. The molecule has 1 aromatic heterocycles. The highest BCUT2D eigenvalue weighted by molar-refractivity contribution is 7.12. The van der Waals surface area contributed by atoms with Gasteiger partial charge >= 0.3 is 0 Å². The average molecular weight is 337 g/mol. The van der Waals surface area contributed by atoms with Crippen molar-refractivity contribution in [3.05, 3.63) is 55.7 Å². The van der Waals surface area contributed by atoms with Crippen molar-refractivity contribution in [2.24, 2.45) is 0 Å². The summed E-state index contributed by atoms with van der Waals surface area (Å²) < 4.78 is 11.2. The summed E-state index contributed by atoms with van der Waals surface area (Å²) in [6.07, 6.45) is 2.99. The largest absolute Gasteiger partial charge is 0.345 e. The van der Waals surface area contributed by atoms with E-state index in [0.717, 1.165) is 24.3 Å². The van der Waals surface area contributed by atoms with E-state index < -0.39 is 0 Å². The van der Waals surface area contributed by atoms with Gasteiger partial charge in [-0.1, -0.05) is 31.0 Å². The van der Waals surface area contributed by atoms with E-state index in [4.69, 9.17) is 21.1 Å². The van der Waals surface area contributed by atoms with E-state index >= 15 is 0 Å². The molecule has 0 unspecified atom stereocenters. The van der Waals surface area contributed by atoms with Crippen LogP contribution in [-0.2, 0) is 22.3 Å². The van der Waals surface area contributed by atoms with Gasteiger partial charge < -0.3 is 9.47 Å². The number of ether oxygens (including phenoxy) is 2. The van der Waals surface area contributed by atoms with Gasteiger partial charge in [-0.05, 0) is 54.7 Å². The highest BCUT2D eigenvalue weighted by Crippen LogP contribution is 2.33. The number of aryl methyl sites for hydroxylation is 2. The predicted molar refractivity (Wildman–Crippen MR) is 92.0 cm³/mol. The Balaban J connectivity index is 1.85. The van der Waals surface area contributed by atoms with Crippen LogP contribution in [0.25, 0.3) is 0 Å². The molecule has 1 aliphatic heterocycles. The van der Waals surface area contributed by atoms with Crippen molar-refractivity contribution in [2.75, 3.05) is 13.2 Å². The maximum atomic E-state index is 6.19. The summed E-state index contributed by atoms with van der Waals surface area (Å²) in [5, 5.41) is 0.811. The van der Waals surface area contributed by atoms with E-state index in [-0.39, 0.29) is 6.29 Å². The first-order valence-corrected chi connectivity index (χ1v) is 8.96. The Morgan fingerprint density at radius 2 is 1.91 bits per heavy atom. The van der Waals surface area contributed by atoms with E-state index in [0.29, 0.717) is 13.2 Å². The number of rotatable bonds is 5.